The van der Waals surface area contributed by atoms with E-state index in [1.807, 2.05) is 0 Å². The Kier molecular flexibility index (Phi) is 9.90. The van der Waals surface area contributed by atoms with Gasteiger partial charge in [0.1, 0.15) is 18.2 Å². The fourth-order valence-electron chi connectivity index (χ4n) is 1.80. The third-order valence-electron chi connectivity index (χ3n) is 3.37. The van der Waals surface area contributed by atoms with Crippen LogP contribution in [0.4, 0.5) is 27.6 Å². The molecule has 168 valence electrons. The van der Waals surface area contributed by atoms with Gasteiger partial charge in [-0.15, -0.1) is 0 Å². The summed E-state index contributed by atoms with van der Waals surface area (Å²) in [4.78, 5) is 21.0. The molecule has 0 fully saturated rings. The number of halogens is 6. The second-order valence-corrected chi connectivity index (χ2v) is 6.08. The first-order valence-electron chi connectivity index (χ1n) is 8.25. The minimum Gasteiger partial charge on any atom is -0.488 e. The van der Waals surface area contributed by atoms with Crippen LogP contribution >= 0.6 is 11.6 Å². The highest BCUT2D eigenvalue weighted by atomic mass is 35.5. The number of carboxylic acids is 1. The van der Waals surface area contributed by atoms with Crippen molar-refractivity contribution in [2.75, 3.05) is 18.5 Å². The van der Waals surface area contributed by atoms with Crippen molar-refractivity contribution < 1.29 is 41.4 Å². The van der Waals surface area contributed by atoms with E-state index in [2.05, 4.69) is 5.32 Å². The Morgan fingerprint density at radius 2 is 1.74 bits per heavy atom. The summed E-state index contributed by atoms with van der Waals surface area (Å²) in [5.74, 6) is -3.24. The molecule has 2 aromatic rings. The first-order valence-corrected chi connectivity index (χ1v) is 8.63. The molecule has 2 rings (SSSR count). The predicted octanol–water partition coefficient (Wildman–Crippen LogP) is 4.56. The predicted molar refractivity (Wildman–Crippen MR) is 103 cm³/mol. The van der Waals surface area contributed by atoms with Crippen molar-refractivity contribution >= 4 is 29.2 Å². The molecule has 0 heterocycles. The zero-order valence-electron chi connectivity index (χ0n) is 15.6. The number of hydrogen-bond donors (Lipinski definition) is 3. The van der Waals surface area contributed by atoms with Crippen LogP contribution in [0.5, 0.6) is 5.75 Å². The van der Waals surface area contributed by atoms with Gasteiger partial charge in [-0.2, -0.15) is 13.2 Å². The monoisotopic (exact) mass is 466 g/mol. The lowest BCUT2D eigenvalue weighted by Crippen LogP contribution is -2.21. The maximum Gasteiger partial charge on any atom is 0.490 e. The molecule has 0 spiro atoms. The number of carbonyl (C=O) groups excluding carboxylic acids is 1. The van der Waals surface area contributed by atoms with Crippen LogP contribution in [0.3, 0.4) is 0 Å². The van der Waals surface area contributed by atoms with Crippen LogP contribution in [0, 0.1) is 5.82 Å². The third-order valence-corrected chi connectivity index (χ3v) is 3.66. The van der Waals surface area contributed by atoms with Crippen molar-refractivity contribution in [3.8, 4) is 5.75 Å². The van der Waals surface area contributed by atoms with E-state index in [0.717, 1.165) is 0 Å². The minimum absolute atomic E-state index is 0.0339. The van der Waals surface area contributed by atoms with Crippen LogP contribution in [-0.2, 0) is 4.79 Å². The Bertz CT molecular complexity index is 934. The van der Waals surface area contributed by atoms with Crippen LogP contribution in [-0.4, -0.2) is 36.3 Å². The number of anilines is 1. The number of hydrogen-bond acceptors (Lipinski definition) is 4. The van der Waals surface area contributed by atoms with E-state index in [1.165, 1.54) is 42.5 Å². The standard InChI is InChI=1S/C17H15ClF2N2O2.C2HF3O2/c18-15-7-12(1-6-16(15)24-10-11(8-19)9-21)17(23)22-14-4-2-13(20)3-5-14;3-2(4,5)1(6)7/h1-8H,9-10,21H2,(H,22,23);(H,6,7)/b11-8-;. The second kappa shape index (κ2) is 11.9. The van der Waals surface area contributed by atoms with Crippen LogP contribution in [0.1, 0.15) is 10.4 Å². The van der Waals surface area contributed by atoms with E-state index >= 15 is 0 Å². The summed E-state index contributed by atoms with van der Waals surface area (Å²) in [6, 6.07) is 9.83. The topological polar surface area (TPSA) is 102 Å². The van der Waals surface area contributed by atoms with Crippen molar-refractivity contribution in [1.29, 1.82) is 0 Å². The Balaban J connectivity index is 0.000000592. The first-order chi connectivity index (χ1) is 14.5. The molecule has 2 aromatic carbocycles. The Morgan fingerprint density at radius 1 is 1.16 bits per heavy atom. The molecular formula is C19H16ClF5N2O4. The van der Waals surface area contributed by atoms with Crippen LogP contribution in [0.25, 0.3) is 0 Å². The van der Waals surface area contributed by atoms with Gasteiger partial charge in [0.05, 0.1) is 11.4 Å². The number of nitrogens with two attached hydrogens (primary N) is 1. The normalized spacial score (nSPS) is 11.3. The molecule has 0 aliphatic carbocycles. The molecule has 0 aromatic heterocycles. The highest BCUT2D eigenvalue weighted by Gasteiger charge is 2.38. The van der Waals surface area contributed by atoms with Gasteiger partial charge < -0.3 is 20.9 Å². The minimum atomic E-state index is -5.08. The number of ether oxygens (including phenoxy) is 1. The SMILES string of the molecule is NC/C(=C/F)COc1ccc(C(=O)Nc2ccc(F)cc2)cc1Cl.O=C(O)C(F)(F)F. The zero-order chi connectivity index (χ0) is 23.6. The molecule has 31 heavy (non-hydrogen) atoms. The van der Waals surface area contributed by atoms with Gasteiger partial charge in [-0.3, -0.25) is 4.79 Å². The van der Waals surface area contributed by atoms with E-state index in [4.69, 9.17) is 32.0 Å². The Hall–Kier alpha value is -3.18. The van der Waals surface area contributed by atoms with Gasteiger partial charge in [-0.05, 0) is 42.5 Å². The third kappa shape index (κ3) is 9.01. The van der Waals surface area contributed by atoms with Crippen molar-refractivity contribution in [2.24, 2.45) is 5.73 Å². The fourth-order valence-corrected chi connectivity index (χ4v) is 2.04. The summed E-state index contributed by atoms with van der Waals surface area (Å²) in [7, 11) is 0. The van der Waals surface area contributed by atoms with E-state index in [-0.39, 0.29) is 23.7 Å². The lowest BCUT2D eigenvalue weighted by molar-refractivity contribution is -0.192. The maximum absolute atomic E-state index is 12.8. The molecule has 0 unspecified atom stereocenters. The van der Waals surface area contributed by atoms with Crippen molar-refractivity contribution in [3.63, 3.8) is 0 Å². The van der Waals surface area contributed by atoms with Gasteiger partial charge in [0.25, 0.3) is 5.91 Å². The summed E-state index contributed by atoms with van der Waals surface area (Å²) >= 11 is 6.07. The largest absolute Gasteiger partial charge is 0.490 e. The number of carbonyl (C=O) groups is 2. The highest BCUT2D eigenvalue weighted by molar-refractivity contribution is 6.32. The molecule has 0 aliphatic heterocycles. The van der Waals surface area contributed by atoms with Crippen molar-refractivity contribution in [1.82, 2.24) is 0 Å². The van der Waals surface area contributed by atoms with Crippen LogP contribution < -0.4 is 15.8 Å². The maximum atomic E-state index is 12.8. The summed E-state index contributed by atoms with van der Waals surface area (Å²) < 4.78 is 62.4. The first kappa shape index (κ1) is 25.9. The highest BCUT2D eigenvalue weighted by Crippen LogP contribution is 2.26. The molecule has 4 N–H and O–H groups in total. The number of nitrogens with one attached hydrogen (secondary N) is 1. The number of alkyl halides is 3. The van der Waals surface area contributed by atoms with Gasteiger partial charge in [-0.25, -0.2) is 13.6 Å². The quantitative estimate of drug-likeness (QED) is 0.542. The lowest BCUT2D eigenvalue weighted by atomic mass is 10.2. The molecule has 0 aliphatic rings. The van der Waals surface area contributed by atoms with Gasteiger partial charge >= 0.3 is 12.1 Å². The van der Waals surface area contributed by atoms with E-state index in [9.17, 15) is 26.7 Å². The number of benzene rings is 2. The van der Waals surface area contributed by atoms with Crippen molar-refractivity contribution in [2.45, 2.75) is 6.18 Å². The van der Waals surface area contributed by atoms with E-state index in [1.54, 1.807) is 0 Å². The molecular weight excluding hydrogens is 451 g/mol. The number of carboxylic acid groups (broad SMARTS) is 1. The lowest BCUT2D eigenvalue weighted by Gasteiger charge is -2.10. The molecule has 1 amide bonds. The van der Waals surface area contributed by atoms with Crippen molar-refractivity contribution in [3.05, 3.63) is 70.8 Å². The number of aliphatic carboxylic acids is 1. The molecule has 0 saturated carbocycles. The van der Waals surface area contributed by atoms with E-state index < -0.39 is 23.9 Å². The molecule has 0 atom stereocenters. The molecule has 0 radical (unpaired) electrons. The fraction of sp³-hybridized carbons (Fsp3) is 0.158. The molecule has 12 heteroatoms. The number of rotatable bonds is 6. The molecule has 0 bridgehead atoms. The summed E-state index contributed by atoms with van der Waals surface area (Å²) in [5.41, 5.74) is 6.38. The zero-order valence-corrected chi connectivity index (χ0v) is 16.3. The molecule has 0 saturated heterocycles. The molecule has 6 nitrogen and oxygen atoms in total. The second-order valence-electron chi connectivity index (χ2n) is 5.67. The van der Waals surface area contributed by atoms with Gasteiger partial charge in [0.15, 0.2) is 0 Å². The van der Waals surface area contributed by atoms with Gasteiger partial charge in [-0.1, -0.05) is 11.6 Å². The van der Waals surface area contributed by atoms with Gasteiger partial charge in [0, 0.05) is 23.4 Å². The smallest absolute Gasteiger partial charge is 0.488 e. The summed E-state index contributed by atoms with van der Waals surface area (Å²) in [6.45, 7) is 0.000120. The van der Waals surface area contributed by atoms with Gasteiger partial charge in [0.2, 0.25) is 0 Å². The number of amides is 1. The average Bonchev–Trinajstić information content (AvgIpc) is 2.71. The van der Waals surface area contributed by atoms with Crippen LogP contribution in [0.2, 0.25) is 5.02 Å². The Morgan fingerprint density at radius 3 is 2.19 bits per heavy atom. The Labute approximate surface area is 178 Å². The summed E-state index contributed by atoms with van der Waals surface area (Å²) in [6.07, 6.45) is -4.70. The van der Waals surface area contributed by atoms with E-state index in [0.29, 0.717) is 23.3 Å². The van der Waals surface area contributed by atoms with Crippen LogP contribution in [0.15, 0.2) is 54.4 Å². The average molecular weight is 467 g/mol. The summed E-state index contributed by atoms with van der Waals surface area (Å²) in [5, 5.41) is 9.95.